The third-order valence-corrected chi connectivity index (χ3v) is 0.338. The van der Waals surface area contributed by atoms with Crippen molar-refractivity contribution in [3.8, 4) is 0 Å². The molecule has 0 unspecified atom stereocenters. The Balaban J connectivity index is 3.86. The predicted octanol–water partition coefficient (Wildman–Crippen LogP) is -0.231. The lowest BCUT2D eigenvalue weighted by Gasteiger charge is -1.58. The van der Waals surface area contributed by atoms with E-state index >= 15 is 0 Å². The Hall–Kier alpha value is -1.08. The fourth-order valence-electron chi connectivity index (χ4n) is 0.0456. The summed E-state index contributed by atoms with van der Waals surface area (Å²) in [6, 6.07) is 0. The number of hydrogen-bond acceptors (Lipinski definition) is 1. The van der Waals surface area contributed by atoms with Crippen LogP contribution in [0.4, 0.5) is 0 Å². The molecule has 0 aliphatic carbocycles. The van der Waals surface area contributed by atoms with Crippen molar-refractivity contribution in [1.82, 2.24) is 0 Å². The van der Waals surface area contributed by atoms with Crippen molar-refractivity contribution >= 4 is 5.84 Å². The monoisotopic (exact) mass is 84.1 g/mol. The van der Waals surface area contributed by atoms with E-state index in [2.05, 4.69) is 11.4 Å². The van der Waals surface area contributed by atoms with Crippen LogP contribution in [0, 0.1) is 5.53 Å². The van der Waals surface area contributed by atoms with E-state index in [-0.39, 0.29) is 5.84 Å². The summed E-state index contributed by atoms with van der Waals surface area (Å²) in [5.74, 6) is 0.148. The van der Waals surface area contributed by atoms with E-state index in [1.165, 1.54) is 6.08 Å². The zero-order valence-electron chi connectivity index (χ0n) is 3.31. The molecule has 0 saturated heterocycles. The zero-order valence-corrected chi connectivity index (χ0v) is 3.31. The van der Waals surface area contributed by atoms with Gasteiger partial charge in [0.2, 0.25) is 0 Å². The SMILES string of the molecule is C=CC(N)=[N+]=N. The third kappa shape index (κ3) is 1.26. The maximum absolute atomic E-state index is 6.20. The molecule has 0 heterocycles. The Kier molecular flexibility index (Phi) is 1.78. The van der Waals surface area contributed by atoms with Gasteiger partial charge >= 0.3 is 5.84 Å². The topological polar surface area (TPSA) is 64.0 Å². The average molecular weight is 84.1 g/mol. The highest BCUT2D eigenvalue weighted by molar-refractivity contribution is 5.85. The first-order chi connectivity index (χ1) is 2.81. The molecular weight excluding hydrogens is 78.1 g/mol. The summed E-state index contributed by atoms with van der Waals surface area (Å²) in [6.07, 6.45) is 1.31. The van der Waals surface area contributed by atoms with Crippen LogP contribution in [0.5, 0.6) is 0 Å². The predicted molar refractivity (Wildman–Crippen MR) is 22.4 cm³/mol. The molecule has 0 aliphatic heterocycles. The summed E-state index contributed by atoms with van der Waals surface area (Å²) < 4.78 is 0. The molecule has 3 heteroatoms. The van der Waals surface area contributed by atoms with Gasteiger partial charge in [0.1, 0.15) is 0 Å². The molecule has 0 aromatic heterocycles. The lowest BCUT2D eigenvalue weighted by atomic mass is 10.6. The van der Waals surface area contributed by atoms with Crippen LogP contribution in [-0.2, 0) is 0 Å². The highest BCUT2D eigenvalue weighted by Crippen LogP contribution is 1.50. The second-order valence-corrected chi connectivity index (χ2v) is 0.741. The standard InChI is InChI=1S/C3H5N3/c1-2-3(4)6-5/h2,4-5H,1H2/p+1. The van der Waals surface area contributed by atoms with Gasteiger partial charge in [-0.25, -0.2) is 0 Å². The number of nitrogens with zero attached hydrogens (tertiary/aromatic N) is 1. The summed E-state index contributed by atoms with van der Waals surface area (Å²) in [7, 11) is 0. The zero-order chi connectivity index (χ0) is 4.99. The first-order valence-electron chi connectivity index (χ1n) is 1.43. The quantitative estimate of drug-likeness (QED) is 0.196. The second-order valence-electron chi connectivity index (χ2n) is 0.741. The number of amidine groups is 1. The van der Waals surface area contributed by atoms with Gasteiger partial charge in [0.15, 0.2) is 0 Å². The Morgan fingerprint density at radius 3 is 2.50 bits per heavy atom. The molecule has 0 aromatic rings. The van der Waals surface area contributed by atoms with Gasteiger partial charge in [-0.3, -0.25) is 5.73 Å². The van der Waals surface area contributed by atoms with Crippen LogP contribution >= 0.6 is 0 Å². The van der Waals surface area contributed by atoms with Crippen molar-refractivity contribution in [2.75, 3.05) is 0 Å². The summed E-state index contributed by atoms with van der Waals surface area (Å²) in [5, 5.41) is 0. The maximum atomic E-state index is 6.20. The van der Waals surface area contributed by atoms with E-state index < -0.39 is 0 Å². The molecule has 0 amide bonds. The molecule has 0 saturated carbocycles. The number of nitrogens with two attached hydrogens (primary N) is 1. The molecule has 0 aromatic carbocycles. The first-order valence-corrected chi connectivity index (χ1v) is 1.43. The maximum Gasteiger partial charge on any atom is 0.396 e. The Morgan fingerprint density at radius 1 is 2.00 bits per heavy atom. The number of nitrogens with one attached hydrogen (secondary N) is 1. The van der Waals surface area contributed by atoms with Crippen LogP contribution < -0.4 is 5.73 Å². The molecule has 6 heavy (non-hydrogen) atoms. The number of hydrogen-bond donors (Lipinski definition) is 2. The van der Waals surface area contributed by atoms with Gasteiger partial charge < -0.3 is 0 Å². The molecule has 0 fully saturated rings. The minimum Gasteiger partial charge on any atom is -0.271 e. The molecule has 0 aliphatic rings. The molecule has 0 radical (unpaired) electrons. The van der Waals surface area contributed by atoms with Crippen LogP contribution in [0.15, 0.2) is 12.7 Å². The minimum absolute atomic E-state index is 0.148. The minimum atomic E-state index is 0.148. The Labute approximate surface area is 35.7 Å². The van der Waals surface area contributed by atoms with Crippen LogP contribution in [0.2, 0.25) is 0 Å². The molecule has 3 N–H and O–H groups in total. The lowest BCUT2D eigenvalue weighted by molar-refractivity contribution is -0.119. The third-order valence-electron chi connectivity index (χ3n) is 0.338. The smallest absolute Gasteiger partial charge is 0.271 e. The largest absolute Gasteiger partial charge is 0.396 e. The van der Waals surface area contributed by atoms with Gasteiger partial charge in [0.25, 0.3) is 0 Å². The molecule has 0 spiro atoms. The lowest BCUT2D eigenvalue weighted by Crippen LogP contribution is -2.07. The molecule has 0 rings (SSSR count). The van der Waals surface area contributed by atoms with Crippen LogP contribution in [0.1, 0.15) is 0 Å². The molecule has 32 valence electrons. The van der Waals surface area contributed by atoms with Crippen molar-refractivity contribution in [3.63, 3.8) is 0 Å². The van der Waals surface area contributed by atoms with E-state index in [1.807, 2.05) is 0 Å². The van der Waals surface area contributed by atoms with Gasteiger partial charge in [0, 0.05) is 6.08 Å². The summed E-state index contributed by atoms with van der Waals surface area (Å²) in [6.45, 7) is 3.26. The van der Waals surface area contributed by atoms with Crippen molar-refractivity contribution in [2.24, 2.45) is 5.73 Å². The van der Waals surface area contributed by atoms with E-state index in [0.29, 0.717) is 0 Å². The van der Waals surface area contributed by atoms with E-state index in [4.69, 9.17) is 11.3 Å². The fraction of sp³-hybridized carbons (Fsp3) is 0. The second kappa shape index (κ2) is 2.18. The van der Waals surface area contributed by atoms with Crippen molar-refractivity contribution in [3.05, 3.63) is 12.7 Å². The Morgan fingerprint density at radius 2 is 2.50 bits per heavy atom. The van der Waals surface area contributed by atoms with Gasteiger partial charge in [-0.05, 0) is 5.53 Å². The van der Waals surface area contributed by atoms with Crippen LogP contribution in [-0.4, -0.2) is 10.6 Å². The van der Waals surface area contributed by atoms with Gasteiger partial charge in [-0.1, -0.05) is 11.4 Å². The van der Waals surface area contributed by atoms with Crippen molar-refractivity contribution in [2.45, 2.75) is 0 Å². The summed E-state index contributed by atoms with van der Waals surface area (Å²) in [4.78, 5) is 2.83. The van der Waals surface area contributed by atoms with Crippen molar-refractivity contribution < 1.29 is 4.79 Å². The highest BCUT2D eigenvalue weighted by atomic mass is 14.9. The normalized spacial score (nSPS) is 6.00. The van der Waals surface area contributed by atoms with E-state index in [0.717, 1.165) is 0 Å². The number of rotatable bonds is 1. The first kappa shape index (κ1) is 4.92. The molecule has 3 nitrogen and oxygen atoms in total. The fourth-order valence-corrected chi connectivity index (χ4v) is 0.0456. The van der Waals surface area contributed by atoms with E-state index in [1.54, 1.807) is 0 Å². The van der Waals surface area contributed by atoms with E-state index in [9.17, 15) is 0 Å². The summed E-state index contributed by atoms with van der Waals surface area (Å²) >= 11 is 0. The van der Waals surface area contributed by atoms with Crippen LogP contribution in [0.3, 0.4) is 0 Å². The van der Waals surface area contributed by atoms with Gasteiger partial charge in [-0.2, -0.15) is 0 Å². The average Bonchev–Trinajstić information content (AvgIpc) is 1.65. The summed E-state index contributed by atoms with van der Waals surface area (Å²) in [5.41, 5.74) is 11.1. The van der Waals surface area contributed by atoms with Crippen molar-refractivity contribution in [1.29, 1.82) is 5.53 Å². The van der Waals surface area contributed by atoms with Gasteiger partial charge in [-0.15, -0.1) is 0 Å². The van der Waals surface area contributed by atoms with Crippen LogP contribution in [0.25, 0.3) is 0 Å². The molecule has 0 bridgehead atoms. The Bertz CT molecular complexity index is 98.6. The molecular formula is C3H6N3+. The molecule has 0 atom stereocenters. The van der Waals surface area contributed by atoms with Gasteiger partial charge in [0.05, 0.1) is 0 Å². The highest BCUT2D eigenvalue weighted by Gasteiger charge is 1.83.